The van der Waals surface area contributed by atoms with E-state index < -0.39 is 5.91 Å². The van der Waals surface area contributed by atoms with Crippen LogP contribution in [0.2, 0.25) is 0 Å². The largest absolute Gasteiger partial charge is 0.508 e. The fourth-order valence-electron chi connectivity index (χ4n) is 7.16. The van der Waals surface area contributed by atoms with Gasteiger partial charge in [-0.3, -0.25) is 4.79 Å². The summed E-state index contributed by atoms with van der Waals surface area (Å²) in [4.78, 5) is 11.5. The van der Waals surface area contributed by atoms with Gasteiger partial charge in [0.05, 0.1) is 0 Å². The van der Waals surface area contributed by atoms with Crippen molar-refractivity contribution in [3.8, 4) is 16.9 Å². The van der Waals surface area contributed by atoms with Crippen LogP contribution >= 0.6 is 0 Å². The summed E-state index contributed by atoms with van der Waals surface area (Å²) in [6.07, 6.45) is 7.92. The van der Waals surface area contributed by atoms with Crippen LogP contribution in [0.1, 0.15) is 54.4 Å². The van der Waals surface area contributed by atoms with Gasteiger partial charge in [0.2, 0.25) is 5.91 Å². The van der Waals surface area contributed by atoms with Crippen molar-refractivity contribution in [2.75, 3.05) is 0 Å². The van der Waals surface area contributed by atoms with Gasteiger partial charge in [0.25, 0.3) is 0 Å². The maximum atomic E-state index is 11.5. The van der Waals surface area contributed by atoms with Crippen LogP contribution in [0.4, 0.5) is 0 Å². The van der Waals surface area contributed by atoms with Gasteiger partial charge in [-0.05, 0) is 114 Å². The lowest BCUT2D eigenvalue weighted by Gasteiger charge is -2.57. The van der Waals surface area contributed by atoms with Gasteiger partial charge in [0.1, 0.15) is 5.75 Å². The standard InChI is InChI=1S/C27H27NO2/c28-26(30)23-4-3-19-10-20(1-2-21(19)11-23)22-5-6-25(29)24(12-22)27-13-16-7-17(14-27)9-18(8-16)15-27/h1-6,10-12,16-18,29H,7-9,13-15H2,(H2,28,30). The Kier molecular flexibility index (Phi) is 3.80. The van der Waals surface area contributed by atoms with Gasteiger partial charge < -0.3 is 10.8 Å². The van der Waals surface area contributed by atoms with Gasteiger partial charge in [-0.25, -0.2) is 0 Å². The number of carbonyl (C=O) groups excluding carboxylic acids is 1. The van der Waals surface area contributed by atoms with Crippen LogP contribution in [0.5, 0.6) is 5.75 Å². The van der Waals surface area contributed by atoms with Crippen LogP contribution in [0.25, 0.3) is 21.9 Å². The minimum absolute atomic E-state index is 0.169. The van der Waals surface area contributed by atoms with Crippen LogP contribution in [0.3, 0.4) is 0 Å². The van der Waals surface area contributed by atoms with E-state index in [1.807, 2.05) is 30.3 Å². The normalized spacial score (nSPS) is 29.4. The lowest BCUT2D eigenvalue weighted by atomic mass is 9.48. The lowest BCUT2D eigenvalue weighted by molar-refractivity contribution is -0.00611. The molecule has 0 radical (unpaired) electrons. The van der Waals surface area contributed by atoms with E-state index in [1.54, 1.807) is 6.07 Å². The Morgan fingerprint density at radius 2 is 1.37 bits per heavy atom. The van der Waals surface area contributed by atoms with Crippen molar-refractivity contribution in [2.24, 2.45) is 23.5 Å². The third-order valence-corrected chi connectivity index (χ3v) is 8.06. The molecule has 4 fully saturated rings. The highest BCUT2D eigenvalue weighted by Crippen LogP contribution is 2.62. The Labute approximate surface area is 176 Å². The summed E-state index contributed by atoms with van der Waals surface area (Å²) in [5.74, 6) is 2.60. The molecule has 3 N–H and O–H groups in total. The van der Waals surface area contributed by atoms with E-state index >= 15 is 0 Å². The number of rotatable bonds is 3. The molecule has 152 valence electrons. The molecule has 4 aliphatic carbocycles. The Morgan fingerprint density at radius 3 is 2.03 bits per heavy atom. The first kappa shape index (κ1) is 18.0. The number of benzene rings is 3. The second-order valence-electron chi connectivity index (χ2n) is 10.1. The number of phenolic OH excluding ortho intramolecular Hbond substituents is 1. The van der Waals surface area contributed by atoms with Gasteiger partial charge in [-0.15, -0.1) is 0 Å². The summed E-state index contributed by atoms with van der Waals surface area (Å²) in [5, 5.41) is 12.9. The molecule has 4 bridgehead atoms. The van der Waals surface area contributed by atoms with E-state index in [9.17, 15) is 9.90 Å². The molecule has 4 aliphatic rings. The molecule has 0 heterocycles. The highest BCUT2D eigenvalue weighted by molar-refractivity contribution is 5.98. The quantitative estimate of drug-likeness (QED) is 0.588. The van der Waals surface area contributed by atoms with Crippen molar-refractivity contribution in [2.45, 2.75) is 43.9 Å². The molecule has 30 heavy (non-hydrogen) atoms. The fourth-order valence-corrected chi connectivity index (χ4v) is 7.16. The molecule has 1 amide bonds. The molecule has 0 spiro atoms. The van der Waals surface area contributed by atoms with E-state index in [-0.39, 0.29) is 5.41 Å². The molecule has 4 saturated carbocycles. The first-order chi connectivity index (χ1) is 14.5. The number of amides is 1. The van der Waals surface area contributed by atoms with Crippen LogP contribution in [0.15, 0.2) is 54.6 Å². The number of hydrogen-bond donors (Lipinski definition) is 2. The van der Waals surface area contributed by atoms with Gasteiger partial charge in [0.15, 0.2) is 0 Å². The predicted octanol–water partition coefficient (Wildman–Crippen LogP) is 5.78. The van der Waals surface area contributed by atoms with Crippen molar-refractivity contribution >= 4 is 16.7 Å². The molecule has 3 heteroatoms. The molecule has 0 aliphatic heterocycles. The summed E-state index contributed by atoms with van der Waals surface area (Å²) in [7, 11) is 0. The number of phenols is 1. The molecule has 0 aromatic heterocycles. The maximum Gasteiger partial charge on any atom is 0.248 e. The van der Waals surface area contributed by atoms with Crippen LogP contribution in [0, 0.1) is 17.8 Å². The van der Waals surface area contributed by atoms with Crippen LogP contribution in [-0.2, 0) is 5.41 Å². The molecular weight excluding hydrogens is 370 g/mol. The SMILES string of the molecule is NC(=O)c1ccc2cc(-c3ccc(O)c(C45CC6CC(CC(C6)C4)C5)c3)ccc2c1. The lowest BCUT2D eigenvalue weighted by Crippen LogP contribution is -2.48. The smallest absolute Gasteiger partial charge is 0.248 e. The molecule has 0 saturated heterocycles. The summed E-state index contributed by atoms with van der Waals surface area (Å²) < 4.78 is 0. The van der Waals surface area contributed by atoms with Crippen molar-refractivity contribution < 1.29 is 9.90 Å². The van der Waals surface area contributed by atoms with Crippen molar-refractivity contribution in [3.05, 3.63) is 65.7 Å². The summed E-state index contributed by atoms with van der Waals surface area (Å²) in [6.45, 7) is 0. The second kappa shape index (κ2) is 6.34. The Balaban J connectivity index is 1.41. The molecule has 0 unspecified atom stereocenters. The molecule has 7 rings (SSSR count). The van der Waals surface area contributed by atoms with E-state index in [2.05, 4.69) is 18.2 Å². The van der Waals surface area contributed by atoms with Gasteiger partial charge in [0, 0.05) is 11.1 Å². The predicted molar refractivity (Wildman–Crippen MR) is 119 cm³/mol. The number of primary amides is 1. The van der Waals surface area contributed by atoms with Crippen LogP contribution < -0.4 is 5.73 Å². The Bertz CT molecular complexity index is 1140. The van der Waals surface area contributed by atoms with Gasteiger partial charge in [-0.2, -0.15) is 0 Å². The zero-order valence-corrected chi connectivity index (χ0v) is 17.1. The van der Waals surface area contributed by atoms with E-state index in [0.717, 1.165) is 39.7 Å². The van der Waals surface area contributed by atoms with E-state index in [1.165, 1.54) is 44.1 Å². The number of hydrogen-bond acceptors (Lipinski definition) is 2. The number of nitrogens with two attached hydrogens (primary N) is 1. The number of fused-ring (bicyclic) bond motifs is 1. The fraction of sp³-hybridized carbons (Fsp3) is 0.370. The molecule has 3 aromatic carbocycles. The van der Waals surface area contributed by atoms with E-state index in [0.29, 0.717) is 11.3 Å². The minimum Gasteiger partial charge on any atom is -0.508 e. The average molecular weight is 398 g/mol. The molecule has 3 aromatic rings. The maximum absolute atomic E-state index is 11.5. The molecule has 0 atom stereocenters. The van der Waals surface area contributed by atoms with Gasteiger partial charge in [-0.1, -0.05) is 24.3 Å². The summed E-state index contributed by atoms with van der Waals surface area (Å²) in [6, 6.07) is 18.1. The first-order valence-corrected chi connectivity index (χ1v) is 11.2. The Hall–Kier alpha value is -2.81. The van der Waals surface area contributed by atoms with Crippen LogP contribution in [-0.4, -0.2) is 11.0 Å². The second-order valence-corrected chi connectivity index (χ2v) is 10.1. The van der Waals surface area contributed by atoms with Gasteiger partial charge >= 0.3 is 0 Å². The zero-order valence-electron chi connectivity index (χ0n) is 17.1. The Morgan fingerprint density at radius 1 is 0.800 bits per heavy atom. The topological polar surface area (TPSA) is 63.3 Å². The highest BCUT2D eigenvalue weighted by atomic mass is 16.3. The third-order valence-electron chi connectivity index (χ3n) is 8.06. The molecule has 3 nitrogen and oxygen atoms in total. The molecular formula is C27H27NO2. The average Bonchev–Trinajstić information content (AvgIpc) is 2.72. The third kappa shape index (κ3) is 2.75. The summed E-state index contributed by atoms with van der Waals surface area (Å²) >= 11 is 0. The number of carbonyl (C=O) groups is 1. The summed E-state index contributed by atoms with van der Waals surface area (Å²) in [5.41, 5.74) is 9.58. The van der Waals surface area contributed by atoms with Crippen molar-refractivity contribution in [1.29, 1.82) is 0 Å². The zero-order chi connectivity index (χ0) is 20.5. The van der Waals surface area contributed by atoms with Crippen molar-refractivity contribution in [1.82, 2.24) is 0 Å². The number of aromatic hydroxyl groups is 1. The monoisotopic (exact) mass is 397 g/mol. The van der Waals surface area contributed by atoms with E-state index in [4.69, 9.17) is 5.73 Å². The minimum atomic E-state index is -0.403. The first-order valence-electron chi connectivity index (χ1n) is 11.2. The van der Waals surface area contributed by atoms with Crippen molar-refractivity contribution in [3.63, 3.8) is 0 Å². The highest BCUT2D eigenvalue weighted by Gasteiger charge is 2.52.